The second-order valence-electron chi connectivity index (χ2n) is 5.13. The van der Waals surface area contributed by atoms with Crippen molar-refractivity contribution in [2.45, 2.75) is 18.9 Å². The van der Waals surface area contributed by atoms with Crippen LogP contribution in [0.5, 0.6) is 5.75 Å². The minimum absolute atomic E-state index is 0.0659. The minimum atomic E-state index is -0.523. The quantitative estimate of drug-likeness (QED) is 0.304. The molecule has 26 heavy (non-hydrogen) atoms. The van der Waals surface area contributed by atoms with Gasteiger partial charge < -0.3 is 9.47 Å². The van der Waals surface area contributed by atoms with E-state index in [1.54, 1.807) is 37.3 Å². The molecule has 0 aliphatic rings. The van der Waals surface area contributed by atoms with Gasteiger partial charge in [0.1, 0.15) is 22.5 Å². The van der Waals surface area contributed by atoms with Gasteiger partial charge in [-0.15, -0.1) is 11.8 Å². The van der Waals surface area contributed by atoms with Crippen molar-refractivity contribution in [3.05, 3.63) is 53.2 Å². The molecule has 0 fully saturated rings. The summed E-state index contributed by atoms with van der Waals surface area (Å²) in [5.41, 5.74) is 1.07. The maximum absolute atomic E-state index is 11.8. The number of nitrogens with zero attached hydrogens (tertiary/aromatic N) is 2. The third-order valence-corrected chi connectivity index (χ3v) is 4.27. The Kier molecular flexibility index (Phi) is 7.18. The number of pyridine rings is 1. The largest absolute Gasteiger partial charge is 0.492 e. The highest BCUT2D eigenvalue weighted by molar-refractivity contribution is 7.99. The third-order valence-electron chi connectivity index (χ3n) is 3.31. The van der Waals surface area contributed by atoms with Crippen LogP contribution in [-0.2, 0) is 4.74 Å². The zero-order valence-corrected chi connectivity index (χ0v) is 15.3. The van der Waals surface area contributed by atoms with Gasteiger partial charge in [0, 0.05) is 5.75 Å². The van der Waals surface area contributed by atoms with Gasteiger partial charge in [-0.1, -0.05) is 12.1 Å². The van der Waals surface area contributed by atoms with Gasteiger partial charge in [0.15, 0.2) is 5.78 Å². The highest BCUT2D eigenvalue weighted by atomic mass is 32.2. The molecule has 2 aromatic rings. The molecule has 0 aliphatic carbocycles. The van der Waals surface area contributed by atoms with Gasteiger partial charge in [-0.2, -0.15) is 5.26 Å². The van der Waals surface area contributed by atoms with E-state index in [0.29, 0.717) is 34.3 Å². The van der Waals surface area contributed by atoms with Crippen LogP contribution < -0.4 is 4.74 Å². The molecule has 7 heteroatoms. The van der Waals surface area contributed by atoms with Gasteiger partial charge >= 0.3 is 5.97 Å². The molecule has 0 N–H and O–H groups in total. The number of hydrogen-bond acceptors (Lipinski definition) is 7. The van der Waals surface area contributed by atoms with E-state index in [0.717, 1.165) is 0 Å². The van der Waals surface area contributed by atoms with Crippen LogP contribution in [0.3, 0.4) is 0 Å². The Morgan fingerprint density at radius 2 is 2.00 bits per heavy atom. The van der Waals surface area contributed by atoms with Crippen molar-refractivity contribution in [1.82, 2.24) is 4.98 Å². The molecule has 0 bridgehead atoms. The van der Waals surface area contributed by atoms with E-state index in [-0.39, 0.29) is 18.1 Å². The van der Waals surface area contributed by atoms with Crippen LogP contribution in [0.15, 0.2) is 41.4 Å². The van der Waals surface area contributed by atoms with Crippen molar-refractivity contribution in [3.63, 3.8) is 0 Å². The molecule has 0 saturated heterocycles. The molecule has 0 atom stereocenters. The number of ether oxygens (including phenoxy) is 2. The average Bonchev–Trinajstić information content (AvgIpc) is 2.65. The molecule has 0 unspecified atom stereocenters. The molecule has 0 saturated carbocycles. The molecule has 0 radical (unpaired) electrons. The second-order valence-corrected chi connectivity index (χ2v) is 6.21. The van der Waals surface area contributed by atoms with E-state index in [9.17, 15) is 14.9 Å². The molecule has 1 aromatic heterocycles. The number of aromatic nitrogens is 1. The highest BCUT2D eigenvalue weighted by Gasteiger charge is 2.13. The molecular formula is C19H18N2O4S. The predicted octanol–water partition coefficient (Wildman–Crippen LogP) is 3.50. The lowest BCUT2D eigenvalue weighted by atomic mass is 10.1. The normalized spacial score (nSPS) is 10.0. The smallest absolute Gasteiger partial charge is 0.356 e. The SMILES string of the molecule is CCOC(=O)c1ccc(C#N)c(SCCOc2ccccc2C(C)=O)n1. The van der Waals surface area contributed by atoms with Crippen molar-refractivity contribution in [1.29, 1.82) is 5.26 Å². The maximum Gasteiger partial charge on any atom is 0.356 e. The van der Waals surface area contributed by atoms with Crippen LogP contribution in [0.1, 0.15) is 40.3 Å². The van der Waals surface area contributed by atoms with Crippen molar-refractivity contribution in [3.8, 4) is 11.8 Å². The summed E-state index contributed by atoms with van der Waals surface area (Å²) in [5.74, 6) is 0.434. The number of carbonyl (C=O) groups excluding carboxylic acids is 2. The van der Waals surface area contributed by atoms with Gasteiger partial charge in [-0.3, -0.25) is 4.79 Å². The number of benzene rings is 1. The molecule has 1 aromatic carbocycles. The van der Waals surface area contributed by atoms with Gasteiger partial charge in [0.05, 0.1) is 24.3 Å². The number of esters is 1. The summed E-state index contributed by atoms with van der Waals surface area (Å²) in [6.45, 7) is 3.78. The second kappa shape index (κ2) is 9.59. The standard InChI is InChI=1S/C19H18N2O4S/c1-3-24-19(23)16-9-8-14(12-20)18(21-16)26-11-10-25-17-7-5-4-6-15(17)13(2)22/h4-9H,3,10-11H2,1-2H3. The first-order valence-electron chi connectivity index (χ1n) is 8.00. The number of carbonyl (C=O) groups is 2. The Morgan fingerprint density at radius 1 is 1.23 bits per heavy atom. The molecule has 0 aliphatic heterocycles. The summed E-state index contributed by atoms with van der Waals surface area (Å²) in [5, 5.41) is 9.64. The van der Waals surface area contributed by atoms with Crippen LogP contribution in [0.25, 0.3) is 0 Å². The Bertz CT molecular complexity index is 846. The van der Waals surface area contributed by atoms with Crippen LogP contribution in [0.4, 0.5) is 0 Å². The van der Waals surface area contributed by atoms with E-state index in [4.69, 9.17) is 9.47 Å². The Balaban J connectivity index is 2.01. The summed E-state index contributed by atoms with van der Waals surface area (Å²) < 4.78 is 10.6. The van der Waals surface area contributed by atoms with Crippen LogP contribution in [-0.4, -0.2) is 35.7 Å². The average molecular weight is 370 g/mol. The number of thioether (sulfide) groups is 1. The summed E-state index contributed by atoms with van der Waals surface area (Å²) >= 11 is 1.30. The number of nitriles is 1. The van der Waals surface area contributed by atoms with Gasteiger partial charge in [0.2, 0.25) is 0 Å². The zero-order valence-electron chi connectivity index (χ0n) is 14.5. The topological polar surface area (TPSA) is 89.3 Å². The molecule has 134 valence electrons. The lowest BCUT2D eigenvalue weighted by molar-refractivity contribution is 0.0518. The summed E-state index contributed by atoms with van der Waals surface area (Å²) in [4.78, 5) is 27.6. The third kappa shape index (κ3) is 5.07. The maximum atomic E-state index is 11.8. The monoisotopic (exact) mass is 370 g/mol. The summed E-state index contributed by atoms with van der Waals surface area (Å²) in [6.07, 6.45) is 0. The van der Waals surface area contributed by atoms with Gasteiger partial charge in [-0.05, 0) is 38.1 Å². The van der Waals surface area contributed by atoms with Gasteiger partial charge in [0.25, 0.3) is 0 Å². The highest BCUT2D eigenvalue weighted by Crippen LogP contribution is 2.22. The van der Waals surface area contributed by atoms with Crippen molar-refractivity contribution in [2.24, 2.45) is 0 Å². The van der Waals surface area contributed by atoms with Crippen molar-refractivity contribution >= 4 is 23.5 Å². The zero-order chi connectivity index (χ0) is 18.9. The van der Waals surface area contributed by atoms with E-state index < -0.39 is 5.97 Å². The van der Waals surface area contributed by atoms with E-state index >= 15 is 0 Å². The predicted molar refractivity (Wildman–Crippen MR) is 97.6 cm³/mol. The molecule has 2 rings (SSSR count). The number of hydrogen-bond donors (Lipinski definition) is 0. The van der Waals surface area contributed by atoms with E-state index in [1.807, 2.05) is 0 Å². The van der Waals surface area contributed by atoms with Gasteiger partial charge in [-0.25, -0.2) is 9.78 Å². The van der Waals surface area contributed by atoms with Crippen LogP contribution >= 0.6 is 11.8 Å². The summed E-state index contributed by atoms with van der Waals surface area (Å²) in [7, 11) is 0. The number of Topliss-reactive ketones (excluding diaryl/α,β-unsaturated/α-hetero) is 1. The fraction of sp³-hybridized carbons (Fsp3) is 0.263. The first kappa shape index (κ1) is 19.5. The van der Waals surface area contributed by atoms with Crippen LogP contribution in [0, 0.1) is 11.3 Å². The Labute approximate surface area is 156 Å². The lowest BCUT2D eigenvalue weighted by Gasteiger charge is -2.10. The molecule has 0 amide bonds. The fourth-order valence-corrected chi connectivity index (χ4v) is 2.92. The molecular weight excluding hydrogens is 352 g/mol. The van der Waals surface area contributed by atoms with E-state index in [1.165, 1.54) is 24.8 Å². The first-order chi connectivity index (χ1) is 12.6. The van der Waals surface area contributed by atoms with Crippen molar-refractivity contribution < 1.29 is 19.1 Å². The fourth-order valence-electron chi connectivity index (χ4n) is 2.13. The summed E-state index contributed by atoms with van der Waals surface area (Å²) in [6, 6.07) is 12.1. The number of rotatable bonds is 8. The van der Waals surface area contributed by atoms with E-state index in [2.05, 4.69) is 11.1 Å². The molecule has 1 heterocycles. The van der Waals surface area contributed by atoms with Crippen LogP contribution in [0.2, 0.25) is 0 Å². The Hall–Kier alpha value is -2.85. The van der Waals surface area contributed by atoms with Crippen molar-refractivity contribution in [2.75, 3.05) is 19.0 Å². The molecule has 6 nitrogen and oxygen atoms in total. The molecule has 0 spiro atoms. The Morgan fingerprint density at radius 3 is 2.69 bits per heavy atom. The minimum Gasteiger partial charge on any atom is -0.492 e. The lowest BCUT2D eigenvalue weighted by Crippen LogP contribution is -2.09. The first-order valence-corrected chi connectivity index (χ1v) is 8.99. The number of ketones is 1. The number of para-hydroxylation sites is 1.